The van der Waals surface area contributed by atoms with E-state index in [1.54, 1.807) is 11.8 Å². The van der Waals surface area contributed by atoms with Gasteiger partial charge in [-0.1, -0.05) is 17.8 Å². The van der Waals surface area contributed by atoms with Crippen LogP contribution in [0, 0.1) is 30.1 Å². The van der Waals surface area contributed by atoms with Gasteiger partial charge in [-0.3, -0.25) is 4.79 Å². The van der Waals surface area contributed by atoms with Crippen LogP contribution in [0.15, 0.2) is 23.4 Å². The highest BCUT2D eigenvalue weighted by Crippen LogP contribution is 2.60. The van der Waals surface area contributed by atoms with E-state index >= 15 is 0 Å². The Labute approximate surface area is 147 Å². The maximum absolute atomic E-state index is 13.1. The molecule has 4 bridgehead atoms. The molecule has 4 heteroatoms. The first kappa shape index (κ1) is 15.0. The summed E-state index contributed by atoms with van der Waals surface area (Å²) < 4.78 is 0. The van der Waals surface area contributed by atoms with E-state index in [0.29, 0.717) is 11.5 Å². The number of fused-ring (bicyclic) bond motifs is 1. The zero-order valence-electron chi connectivity index (χ0n) is 14.2. The molecule has 24 heavy (non-hydrogen) atoms. The van der Waals surface area contributed by atoms with Crippen molar-refractivity contribution in [1.29, 1.82) is 0 Å². The van der Waals surface area contributed by atoms with Crippen molar-refractivity contribution in [3.63, 3.8) is 0 Å². The number of nitrogens with one attached hydrogen (secondary N) is 1. The smallest absolute Gasteiger partial charge is 0.166 e. The van der Waals surface area contributed by atoms with Crippen LogP contribution < -0.4 is 0 Å². The molecule has 4 aliphatic carbocycles. The summed E-state index contributed by atoms with van der Waals surface area (Å²) in [5, 5.41) is 0.883. The van der Waals surface area contributed by atoms with Crippen LogP contribution in [0.25, 0.3) is 11.0 Å². The van der Waals surface area contributed by atoms with Gasteiger partial charge in [0.1, 0.15) is 5.78 Å². The number of hydrogen-bond donors (Lipinski definition) is 1. The molecule has 0 saturated heterocycles. The van der Waals surface area contributed by atoms with E-state index in [1.165, 1.54) is 44.1 Å². The number of ketones is 1. The molecule has 4 fully saturated rings. The molecule has 1 heterocycles. The monoisotopic (exact) mass is 340 g/mol. The van der Waals surface area contributed by atoms with Crippen LogP contribution in [0.3, 0.4) is 0 Å². The average Bonchev–Trinajstić information content (AvgIpc) is 2.93. The first-order chi connectivity index (χ1) is 11.6. The van der Waals surface area contributed by atoms with Gasteiger partial charge in [-0.05, 0) is 80.9 Å². The summed E-state index contributed by atoms with van der Waals surface area (Å²) >= 11 is 1.59. The van der Waals surface area contributed by atoms with Gasteiger partial charge in [0.15, 0.2) is 5.16 Å². The number of carbonyl (C=O) groups excluding carboxylic acids is 1. The van der Waals surface area contributed by atoms with Crippen molar-refractivity contribution in [2.75, 3.05) is 5.75 Å². The van der Waals surface area contributed by atoms with Gasteiger partial charge in [-0.2, -0.15) is 0 Å². The Hall–Kier alpha value is -1.29. The molecule has 126 valence electrons. The number of aromatic nitrogens is 2. The number of hydrogen-bond acceptors (Lipinski definition) is 3. The topological polar surface area (TPSA) is 45.8 Å². The second kappa shape index (κ2) is 5.35. The minimum Gasteiger partial charge on any atom is -0.333 e. The fourth-order valence-corrected chi connectivity index (χ4v) is 6.83. The number of aromatic amines is 1. The minimum absolute atomic E-state index is 0.0182. The van der Waals surface area contributed by atoms with Crippen molar-refractivity contribution in [1.82, 2.24) is 9.97 Å². The summed E-state index contributed by atoms with van der Waals surface area (Å²) in [7, 11) is 0. The Bertz CT molecular complexity index is 774. The Morgan fingerprint density at radius 3 is 2.54 bits per heavy atom. The summed E-state index contributed by atoms with van der Waals surface area (Å²) in [6.07, 6.45) is 7.67. The van der Waals surface area contributed by atoms with Crippen molar-refractivity contribution in [2.45, 2.75) is 50.6 Å². The molecule has 0 atom stereocenters. The highest BCUT2D eigenvalue weighted by molar-refractivity contribution is 7.99. The van der Waals surface area contributed by atoms with Crippen molar-refractivity contribution in [3.05, 3.63) is 23.8 Å². The predicted octanol–water partition coefficient (Wildman–Crippen LogP) is 4.75. The first-order valence-corrected chi connectivity index (χ1v) is 10.2. The summed E-state index contributed by atoms with van der Waals surface area (Å²) in [4.78, 5) is 21.1. The molecular formula is C20H24N2OS. The molecule has 4 aliphatic rings. The Kier molecular flexibility index (Phi) is 3.35. The largest absolute Gasteiger partial charge is 0.333 e. The van der Waals surface area contributed by atoms with Crippen LogP contribution in [0.4, 0.5) is 0 Å². The molecule has 2 aromatic rings. The molecule has 1 aromatic carbocycles. The van der Waals surface area contributed by atoms with Crippen LogP contribution in [0.1, 0.15) is 44.1 Å². The molecule has 3 nitrogen and oxygen atoms in total. The number of Topliss-reactive ketones (excluding diaryl/α,β-unsaturated/α-hetero) is 1. The number of nitrogens with zero attached hydrogens (tertiary/aromatic N) is 1. The standard InChI is InChI=1S/C20H24N2OS/c1-12-2-3-16-17(4-12)22-19(21-16)24-11-18(23)20-8-13-5-14(9-20)7-15(6-13)10-20/h2-4,13-15H,5-11H2,1H3,(H,21,22). The van der Waals surface area contributed by atoms with Crippen molar-refractivity contribution in [2.24, 2.45) is 23.2 Å². The zero-order chi connectivity index (χ0) is 16.3. The normalized spacial score (nSPS) is 34.1. The van der Waals surface area contributed by atoms with E-state index in [-0.39, 0.29) is 5.41 Å². The molecular weight excluding hydrogens is 316 g/mol. The van der Waals surface area contributed by atoms with E-state index in [0.717, 1.165) is 33.9 Å². The molecule has 6 rings (SSSR count). The second-order valence-electron chi connectivity index (χ2n) is 8.47. The number of H-pyrrole nitrogens is 1. The minimum atomic E-state index is 0.0182. The van der Waals surface area contributed by atoms with Crippen LogP contribution in [-0.4, -0.2) is 21.5 Å². The molecule has 0 radical (unpaired) electrons. The third-order valence-corrected chi connectivity index (χ3v) is 7.46. The summed E-state index contributed by atoms with van der Waals surface area (Å²) in [5.74, 6) is 3.56. The predicted molar refractivity (Wildman–Crippen MR) is 97.2 cm³/mol. The molecule has 0 aliphatic heterocycles. The van der Waals surface area contributed by atoms with Gasteiger partial charge in [-0.25, -0.2) is 4.98 Å². The highest BCUT2D eigenvalue weighted by atomic mass is 32.2. The van der Waals surface area contributed by atoms with Crippen LogP contribution in [0.2, 0.25) is 0 Å². The van der Waals surface area contributed by atoms with Crippen molar-refractivity contribution in [3.8, 4) is 0 Å². The highest BCUT2D eigenvalue weighted by Gasteiger charge is 2.54. The number of imidazole rings is 1. The lowest BCUT2D eigenvalue weighted by Gasteiger charge is -2.56. The lowest BCUT2D eigenvalue weighted by atomic mass is 9.48. The lowest BCUT2D eigenvalue weighted by Crippen LogP contribution is -2.50. The maximum atomic E-state index is 13.1. The van der Waals surface area contributed by atoms with E-state index in [4.69, 9.17) is 0 Å². The van der Waals surface area contributed by atoms with Gasteiger partial charge in [-0.15, -0.1) is 0 Å². The van der Waals surface area contributed by atoms with Crippen LogP contribution in [-0.2, 0) is 4.79 Å². The van der Waals surface area contributed by atoms with Gasteiger partial charge >= 0.3 is 0 Å². The van der Waals surface area contributed by atoms with Crippen molar-refractivity contribution >= 4 is 28.6 Å². The van der Waals surface area contributed by atoms with Crippen molar-refractivity contribution < 1.29 is 4.79 Å². The van der Waals surface area contributed by atoms with Crippen LogP contribution >= 0.6 is 11.8 Å². The maximum Gasteiger partial charge on any atom is 0.166 e. The quantitative estimate of drug-likeness (QED) is 0.817. The molecule has 1 aromatic heterocycles. The molecule has 1 N–H and O–H groups in total. The molecule has 4 saturated carbocycles. The fourth-order valence-electron chi connectivity index (χ4n) is 5.91. The van der Waals surface area contributed by atoms with Gasteiger partial charge in [0.25, 0.3) is 0 Å². The van der Waals surface area contributed by atoms with Gasteiger partial charge in [0.05, 0.1) is 16.8 Å². The zero-order valence-corrected chi connectivity index (χ0v) is 15.0. The Balaban J connectivity index is 1.31. The lowest BCUT2D eigenvalue weighted by molar-refractivity contribution is -0.141. The number of thioether (sulfide) groups is 1. The molecule has 0 spiro atoms. The van der Waals surface area contributed by atoms with Gasteiger partial charge in [0.2, 0.25) is 0 Å². The van der Waals surface area contributed by atoms with Gasteiger partial charge < -0.3 is 4.98 Å². The Morgan fingerprint density at radius 1 is 1.21 bits per heavy atom. The van der Waals surface area contributed by atoms with E-state index in [2.05, 4.69) is 29.0 Å². The third kappa shape index (κ3) is 2.42. The van der Waals surface area contributed by atoms with E-state index in [9.17, 15) is 4.79 Å². The summed E-state index contributed by atoms with van der Waals surface area (Å²) in [6.45, 7) is 2.09. The fraction of sp³-hybridized carbons (Fsp3) is 0.600. The summed E-state index contributed by atoms with van der Waals surface area (Å²) in [6, 6.07) is 6.25. The summed E-state index contributed by atoms with van der Waals surface area (Å²) in [5.41, 5.74) is 3.31. The van der Waals surface area contributed by atoms with E-state index in [1.807, 2.05) is 6.07 Å². The number of carbonyl (C=O) groups is 1. The SMILES string of the molecule is Cc1ccc2nc(SCC(=O)C34CC5CC(CC(C5)C3)C4)[nH]c2c1. The average molecular weight is 340 g/mol. The number of benzene rings is 1. The third-order valence-electron chi connectivity index (χ3n) is 6.59. The molecule has 0 unspecified atom stereocenters. The van der Waals surface area contributed by atoms with Crippen LogP contribution in [0.5, 0.6) is 0 Å². The van der Waals surface area contributed by atoms with E-state index < -0.39 is 0 Å². The number of rotatable bonds is 4. The first-order valence-electron chi connectivity index (χ1n) is 9.22. The molecule has 0 amide bonds. The van der Waals surface area contributed by atoms with Gasteiger partial charge in [0, 0.05) is 5.41 Å². The number of aryl methyl sites for hydroxylation is 1. The second-order valence-corrected chi connectivity index (χ2v) is 9.44. The Morgan fingerprint density at radius 2 is 1.88 bits per heavy atom.